The molecular formula is C17H27ClN6O2. The molecule has 0 bridgehead atoms. The Bertz CT molecular complexity index is 730. The second-order valence-electron chi connectivity index (χ2n) is 7.58. The molecule has 8 nitrogen and oxygen atoms in total. The van der Waals surface area contributed by atoms with Gasteiger partial charge in [0.2, 0.25) is 5.89 Å². The zero-order valence-electron chi connectivity index (χ0n) is 15.7. The molecule has 0 aliphatic carbocycles. The number of nitrogens with zero attached hydrogens (tertiary/aromatic N) is 4. The number of nitrogens with one attached hydrogen (secondary N) is 2. The summed E-state index contributed by atoms with van der Waals surface area (Å²) in [6.45, 7) is 9.78. The molecule has 1 amide bonds. The molecule has 2 aromatic heterocycles. The zero-order valence-corrected chi connectivity index (χ0v) is 16.5. The van der Waals surface area contributed by atoms with Gasteiger partial charge in [-0.05, 0) is 32.4 Å². The molecule has 1 aliphatic heterocycles. The number of rotatable bonds is 4. The molecule has 0 saturated carbocycles. The summed E-state index contributed by atoms with van der Waals surface area (Å²) >= 11 is 0. The molecule has 9 heteroatoms. The highest BCUT2D eigenvalue weighted by atomic mass is 35.5. The monoisotopic (exact) mass is 382 g/mol. The van der Waals surface area contributed by atoms with Crippen LogP contribution in [0.4, 0.5) is 0 Å². The van der Waals surface area contributed by atoms with Crippen molar-refractivity contribution < 1.29 is 9.32 Å². The molecule has 0 radical (unpaired) electrons. The van der Waals surface area contributed by atoms with Gasteiger partial charge in [-0.25, -0.2) is 0 Å². The first-order valence-corrected chi connectivity index (χ1v) is 8.75. The molecule has 26 heavy (non-hydrogen) atoms. The van der Waals surface area contributed by atoms with E-state index >= 15 is 0 Å². The van der Waals surface area contributed by atoms with Gasteiger partial charge in [0.25, 0.3) is 5.91 Å². The second-order valence-corrected chi connectivity index (χ2v) is 7.58. The van der Waals surface area contributed by atoms with E-state index in [-0.39, 0.29) is 29.8 Å². The summed E-state index contributed by atoms with van der Waals surface area (Å²) in [5.74, 6) is 0.775. The Morgan fingerprint density at radius 1 is 1.46 bits per heavy atom. The highest BCUT2D eigenvalue weighted by Gasteiger charge is 2.25. The Labute approximate surface area is 159 Å². The van der Waals surface area contributed by atoms with Crippen molar-refractivity contribution in [1.82, 2.24) is 30.6 Å². The molecule has 3 rings (SSSR count). The van der Waals surface area contributed by atoms with Crippen molar-refractivity contribution in [2.45, 2.75) is 58.0 Å². The van der Waals surface area contributed by atoms with Gasteiger partial charge in [-0.1, -0.05) is 25.9 Å². The third-order valence-corrected chi connectivity index (χ3v) is 4.32. The predicted molar refractivity (Wildman–Crippen MR) is 99.5 cm³/mol. The second kappa shape index (κ2) is 8.18. The standard InChI is InChI=1S/C17H26N6O2.ClH/c1-11(15-20-16(22-25-15)17(2,3)4)19-14(24)13-7-9-23(21-13)12-6-5-8-18-10-12;/h7,9,11-12,18H,5-6,8,10H2,1-4H3,(H,19,24);1H. The van der Waals surface area contributed by atoms with Gasteiger partial charge in [-0.3, -0.25) is 9.48 Å². The first kappa shape index (κ1) is 20.4. The van der Waals surface area contributed by atoms with Gasteiger partial charge in [-0.2, -0.15) is 10.1 Å². The van der Waals surface area contributed by atoms with E-state index in [1.54, 1.807) is 6.07 Å². The molecule has 2 aromatic rings. The Morgan fingerprint density at radius 3 is 2.85 bits per heavy atom. The molecule has 2 N–H and O–H groups in total. The van der Waals surface area contributed by atoms with E-state index in [1.165, 1.54) is 0 Å². The summed E-state index contributed by atoms with van der Waals surface area (Å²) in [6.07, 6.45) is 4.06. The molecule has 1 fully saturated rings. The van der Waals surface area contributed by atoms with Crippen LogP contribution in [0.2, 0.25) is 0 Å². The summed E-state index contributed by atoms with van der Waals surface area (Å²) in [7, 11) is 0. The summed E-state index contributed by atoms with van der Waals surface area (Å²) in [5.41, 5.74) is 0.200. The maximum atomic E-state index is 12.4. The van der Waals surface area contributed by atoms with Gasteiger partial charge in [-0.15, -0.1) is 12.4 Å². The number of carbonyl (C=O) groups excluding carboxylic acids is 1. The lowest BCUT2D eigenvalue weighted by atomic mass is 9.96. The van der Waals surface area contributed by atoms with Crippen LogP contribution < -0.4 is 10.6 Å². The van der Waals surface area contributed by atoms with Gasteiger partial charge in [0, 0.05) is 18.2 Å². The molecule has 2 unspecified atom stereocenters. The molecule has 0 spiro atoms. The molecule has 0 aromatic carbocycles. The van der Waals surface area contributed by atoms with Crippen LogP contribution in [0, 0.1) is 0 Å². The molecule has 3 heterocycles. The van der Waals surface area contributed by atoms with Gasteiger partial charge < -0.3 is 15.2 Å². The topological polar surface area (TPSA) is 97.9 Å². The average molecular weight is 383 g/mol. The van der Waals surface area contributed by atoms with Crippen LogP contribution in [0.15, 0.2) is 16.8 Å². The zero-order chi connectivity index (χ0) is 18.0. The normalized spacial score (nSPS) is 18.8. The number of amides is 1. The maximum Gasteiger partial charge on any atom is 0.272 e. The van der Waals surface area contributed by atoms with Crippen LogP contribution in [0.5, 0.6) is 0 Å². The van der Waals surface area contributed by atoms with Crippen molar-refractivity contribution in [3.05, 3.63) is 29.7 Å². The third kappa shape index (κ3) is 4.62. The molecular weight excluding hydrogens is 356 g/mol. The Hall–Kier alpha value is -1.93. The number of hydrogen-bond acceptors (Lipinski definition) is 6. The fourth-order valence-electron chi connectivity index (χ4n) is 2.77. The van der Waals surface area contributed by atoms with Crippen LogP contribution in [0.3, 0.4) is 0 Å². The number of aromatic nitrogens is 4. The molecule has 2 atom stereocenters. The van der Waals surface area contributed by atoms with Crippen molar-refractivity contribution in [3.8, 4) is 0 Å². The molecule has 144 valence electrons. The van der Waals surface area contributed by atoms with Crippen LogP contribution in [-0.2, 0) is 5.41 Å². The van der Waals surface area contributed by atoms with E-state index in [0.717, 1.165) is 25.9 Å². The van der Waals surface area contributed by atoms with Crippen molar-refractivity contribution in [2.75, 3.05) is 13.1 Å². The largest absolute Gasteiger partial charge is 0.339 e. The number of carbonyl (C=O) groups is 1. The van der Waals surface area contributed by atoms with Crippen LogP contribution >= 0.6 is 12.4 Å². The molecule has 1 aliphatic rings. The minimum absolute atomic E-state index is 0. The number of hydrogen-bond donors (Lipinski definition) is 2. The number of piperidine rings is 1. The first-order valence-electron chi connectivity index (χ1n) is 8.75. The molecule has 1 saturated heterocycles. The summed E-state index contributed by atoms with van der Waals surface area (Å²) in [5, 5.41) is 14.6. The van der Waals surface area contributed by atoms with E-state index in [1.807, 2.05) is 38.6 Å². The fourth-order valence-corrected chi connectivity index (χ4v) is 2.77. The van der Waals surface area contributed by atoms with Crippen LogP contribution in [-0.4, -0.2) is 38.9 Å². The van der Waals surface area contributed by atoms with Gasteiger partial charge in [0.05, 0.1) is 6.04 Å². The SMILES string of the molecule is CC(NC(=O)c1ccn(C2CCCNC2)n1)c1nc(C(C)(C)C)no1.Cl. The van der Waals surface area contributed by atoms with Crippen molar-refractivity contribution in [3.63, 3.8) is 0 Å². The van der Waals surface area contributed by atoms with Gasteiger partial charge >= 0.3 is 0 Å². The lowest BCUT2D eigenvalue weighted by molar-refractivity contribution is 0.0926. The van der Waals surface area contributed by atoms with E-state index in [9.17, 15) is 4.79 Å². The van der Waals surface area contributed by atoms with Crippen LogP contribution in [0.1, 0.15) is 74.8 Å². The highest BCUT2D eigenvalue weighted by molar-refractivity contribution is 5.92. The smallest absolute Gasteiger partial charge is 0.272 e. The third-order valence-electron chi connectivity index (χ3n) is 4.32. The minimum Gasteiger partial charge on any atom is -0.339 e. The Balaban J connectivity index is 0.00000243. The van der Waals surface area contributed by atoms with Gasteiger partial charge in [0.15, 0.2) is 5.82 Å². The maximum absolute atomic E-state index is 12.4. The summed E-state index contributed by atoms with van der Waals surface area (Å²) in [4.78, 5) is 16.8. The Kier molecular flexibility index (Phi) is 6.41. The summed E-state index contributed by atoms with van der Waals surface area (Å²) in [6, 6.07) is 1.67. The Morgan fingerprint density at radius 2 is 2.23 bits per heavy atom. The average Bonchev–Trinajstić information content (AvgIpc) is 3.25. The van der Waals surface area contributed by atoms with Crippen molar-refractivity contribution >= 4 is 18.3 Å². The van der Waals surface area contributed by atoms with E-state index < -0.39 is 0 Å². The quantitative estimate of drug-likeness (QED) is 0.842. The fraction of sp³-hybridized carbons (Fsp3) is 0.647. The number of halogens is 1. The van der Waals surface area contributed by atoms with Crippen molar-refractivity contribution in [2.24, 2.45) is 0 Å². The predicted octanol–water partition coefficient (Wildman–Crippen LogP) is 2.40. The van der Waals surface area contributed by atoms with E-state index in [2.05, 4.69) is 25.9 Å². The first-order chi connectivity index (χ1) is 11.8. The van der Waals surface area contributed by atoms with Gasteiger partial charge in [0.1, 0.15) is 11.7 Å². The lowest BCUT2D eigenvalue weighted by Gasteiger charge is -2.22. The van der Waals surface area contributed by atoms with Crippen LogP contribution in [0.25, 0.3) is 0 Å². The minimum atomic E-state index is -0.377. The highest BCUT2D eigenvalue weighted by Crippen LogP contribution is 2.21. The van der Waals surface area contributed by atoms with Crippen molar-refractivity contribution in [1.29, 1.82) is 0 Å². The summed E-state index contributed by atoms with van der Waals surface area (Å²) < 4.78 is 7.15. The lowest BCUT2D eigenvalue weighted by Crippen LogP contribution is -2.32. The van der Waals surface area contributed by atoms with E-state index in [4.69, 9.17) is 4.52 Å². The van der Waals surface area contributed by atoms with E-state index in [0.29, 0.717) is 23.5 Å².